The highest BCUT2D eigenvalue weighted by Crippen LogP contribution is 2.31. The van der Waals surface area contributed by atoms with Crippen LogP contribution in [0.4, 0.5) is 13.6 Å². The number of alkyl carbamates (subject to hydrolysis) is 1. The molecule has 1 saturated heterocycles. The predicted octanol–water partition coefficient (Wildman–Crippen LogP) is 5.98. The van der Waals surface area contributed by atoms with Gasteiger partial charge >= 0.3 is 6.09 Å². The molecule has 1 aliphatic rings. The van der Waals surface area contributed by atoms with E-state index in [1.54, 1.807) is 51.1 Å². The van der Waals surface area contributed by atoms with Gasteiger partial charge in [0.05, 0.1) is 12.1 Å². The summed E-state index contributed by atoms with van der Waals surface area (Å²) in [5, 5.41) is 3.44. The third kappa shape index (κ3) is 5.85. The number of ether oxygens (including phenoxy) is 1. The predicted molar refractivity (Wildman–Crippen MR) is 133 cm³/mol. The summed E-state index contributed by atoms with van der Waals surface area (Å²) in [4.78, 5) is 26.1. The lowest BCUT2D eigenvalue weighted by molar-refractivity contribution is -0.0494. The molecule has 0 aliphatic carbocycles. The van der Waals surface area contributed by atoms with Gasteiger partial charge in [-0.1, -0.05) is 18.1 Å². The third-order valence-electron chi connectivity index (χ3n) is 5.88. The van der Waals surface area contributed by atoms with E-state index in [9.17, 15) is 18.4 Å². The van der Waals surface area contributed by atoms with E-state index in [0.717, 1.165) is 16.5 Å². The molecule has 1 aromatic heterocycles. The molecule has 1 aliphatic heterocycles. The normalized spacial score (nSPS) is 15.4. The molecule has 3 aromatic rings. The SMILES string of the molecule is C#Cc1cc(-c2ccc(C(=O)N3CCC(F)(F)CC3)cc2)cc2cc(CNC(=O)OC(C)(C)C)oc12. The van der Waals surface area contributed by atoms with Crippen molar-refractivity contribution < 1.29 is 27.5 Å². The molecule has 0 radical (unpaired) electrons. The van der Waals surface area contributed by atoms with Crippen LogP contribution in [0.15, 0.2) is 46.9 Å². The highest BCUT2D eigenvalue weighted by Gasteiger charge is 2.35. The molecule has 1 N–H and O–H groups in total. The number of furan rings is 1. The molecular formula is C28H28F2N2O4. The molecule has 36 heavy (non-hydrogen) atoms. The Labute approximate surface area is 208 Å². The van der Waals surface area contributed by atoms with Crippen molar-refractivity contribution in [3.63, 3.8) is 0 Å². The molecule has 2 aromatic carbocycles. The Hall–Kier alpha value is -3.86. The third-order valence-corrected chi connectivity index (χ3v) is 5.88. The fourth-order valence-electron chi connectivity index (χ4n) is 4.07. The Morgan fingerprint density at radius 1 is 1.11 bits per heavy atom. The summed E-state index contributed by atoms with van der Waals surface area (Å²) in [7, 11) is 0. The zero-order chi connectivity index (χ0) is 26.1. The second-order valence-corrected chi connectivity index (χ2v) is 9.88. The molecule has 6 nitrogen and oxygen atoms in total. The largest absolute Gasteiger partial charge is 0.458 e. The minimum absolute atomic E-state index is 0.0430. The summed E-state index contributed by atoms with van der Waals surface area (Å²) in [6, 6.07) is 12.5. The van der Waals surface area contributed by atoms with E-state index in [-0.39, 0.29) is 38.4 Å². The first-order valence-electron chi connectivity index (χ1n) is 11.7. The Kier molecular flexibility index (Phi) is 6.77. The number of rotatable bonds is 4. The number of carbonyl (C=O) groups excluding carboxylic acids is 2. The Morgan fingerprint density at radius 3 is 2.39 bits per heavy atom. The maximum atomic E-state index is 13.4. The smallest absolute Gasteiger partial charge is 0.408 e. The van der Waals surface area contributed by atoms with Gasteiger partial charge in [0.25, 0.3) is 11.8 Å². The molecule has 0 atom stereocenters. The van der Waals surface area contributed by atoms with Gasteiger partial charge in [-0.25, -0.2) is 13.6 Å². The zero-order valence-corrected chi connectivity index (χ0v) is 20.5. The van der Waals surface area contributed by atoms with Crippen LogP contribution in [0.2, 0.25) is 0 Å². The maximum absolute atomic E-state index is 13.4. The van der Waals surface area contributed by atoms with Crippen molar-refractivity contribution in [1.82, 2.24) is 10.2 Å². The number of carbonyl (C=O) groups is 2. The molecule has 2 amide bonds. The maximum Gasteiger partial charge on any atom is 0.408 e. The van der Waals surface area contributed by atoms with E-state index in [1.165, 1.54) is 4.90 Å². The van der Waals surface area contributed by atoms with Crippen molar-refractivity contribution in [2.75, 3.05) is 13.1 Å². The highest BCUT2D eigenvalue weighted by atomic mass is 19.3. The van der Waals surface area contributed by atoms with E-state index in [2.05, 4.69) is 11.2 Å². The van der Waals surface area contributed by atoms with Crippen LogP contribution in [0.1, 0.15) is 55.3 Å². The molecule has 2 heterocycles. The minimum atomic E-state index is -2.70. The quantitative estimate of drug-likeness (QED) is 0.453. The zero-order valence-electron chi connectivity index (χ0n) is 20.5. The molecule has 1 fully saturated rings. The van der Waals surface area contributed by atoms with E-state index < -0.39 is 17.6 Å². The first-order chi connectivity index (χ1) is 16.9. The second-order valence-electron chi connectivity index (χ2n) is 9.88. The van der Waals surface area contributed by atoms with Gasteiger partial charge in [-0.2, -0.15) is 0 Å². The lowest BCUT2D eigenvalue weighted by Crippen LogP contribution is -2.42. The van der Waals surface area contributed by atoms with Crippen molar-refractivity contribution in [2.24, 2.45) is 0 Å². The number of benzene rings is 2. The van der Waals surface area contributed by atoms with Crippen LogP contribution < -0.4 is 5.32 Å². The van der Waals surface area contributed by atoms with Crippen LogP contribution in [-0.4, -0.2) is 41.5 Å². The fraction of sp³-hybridized carbons (Fsp3) is 0.357. The van der Waals surface area contributed by atoms with E-state index >= 15 is 0 Å². The van der Waals surface area contributed by atoms with Crippen LogP contribution in [-0.2, 0) is 11.3 Å². The number of hydrogen-bond acceptors (Lipinski definition) is 4. The Morgan fingerprint density at radius 2 is 1.78 bits per heavy atom. The molecule has 0 unspecified atom stereocenters. The van der Waals surface area contributed by atoms with Crippen molar-refractivity contribution in [3.8, 4) is 23.5 Å². The molecule has 8 heteroatoms. The van der Waals surface area contributed by atoms with Gasteiger partial charge in [-0.15, -0.1) is 6.42 Å². The van der Waals surface area contributed by atoms with E-state index in [0.29, 0.717) is 22.5 Å². The van der Waals surface area contributed by atoms with Gasteiger partial charge in [0, 0.05) is 36.9 Å². The molecule has 0 saturated carbocycles. The highest BCUT2D eigenvalue weighted by molar-refractivity contribution is 5.95. The number of terminal acetylenes is 1. The van der Waals surface area contributed by atoms with Gasteiger partial charge < -0.3 is 19.4 Å². The number of hydrogen-bond donors (Lipinski definition) is 1. The van der Waals surface area contributed by atoms with Crippen molar-refractivity contribution in [3.05, 3.63) is 59.4 Å². The molecular weight excluding hydrogens is 466 g/mol. The van der Waals surface area contributed by atoms with Gasteiger partial charge in [0.15, 0.2) is 0 Å². The molecule has 4 rings (SSSR count). The van der Waals surface area contributed by atoms with E-state index in [4.69, 9.17) is 15.6 Å². The van der Waals surface area contributed by atoms with Crippen LogP contribution >= 0.6 is 0 Å². The second kappa shape index (κ2) is 9.65. The monoisotopic (exact) mass is 494 g/mol. The summed E-state index contributed by atoms with van der Waals surface area (Å²) in [5.41, 5.74) is 2.60. The minimum Gasteiger partial charge on any atom is -0.458 e. The number of amides is 2. The number of piperidine rings is 1. The van der Waals surface area contributed by atoms with Crippen molar-refractivity contribution in [2.45, 2.75) is 51.7 Å². The molecule has 0 spiro atoms. The number of alkyl halides is 2. The number of nitrogens with zero attached hydrogens (tertiary/aromatic N) is 1. The number of halogens is 2. The Balaban J connectivity index is 1.51. The first-order valence-corrected chi connectivity index (χ1v) is 11.7. The van der Waals surface area contributed by atoms with Crippen LogP contribution in [0.3, 0.4) is 0 Å². The standard InChI is InChI=1S/C28H28F2N2O4/c1-5-18-14-21(15-22-16-23(35-24(18)22)17-31-26(34)36-27(2,3)4)19-6-8-20(9-7-19)25(33)32-12-10-28(29,30)11-13-32/h1,6-9,14-16H,10-13,17H2,2-4H3,(H,31,34). The molecule has 0 bridgehead atoms. The Bertz CT molecular complexity index is 1320. The van der Waals surface area contributed by atoms with Gasteiger partial charge in [0.2, 0.25) is 0 Å². The summed E-state index contributed by atoms with van der Waals surface area (Å²) < 4.78 is 37.9. The number of fused-ring (bicyclic) bond motifs is 1. The van der Waals surface area contributed by atoms with Crippen molar-refractivity contribution >= 4 is 23.0 Å². The average molecular weight is 495 g/mol. The van der Waals surface area contributed by atoms with Gasteiger partial charge in [0.1, 0.15) is 16.9 Å². The summed E-state index contributed by atoms with van der Waals surface area (Å²) in [6.07, 6.45) is 4.55. The number of nitrogens with one attached hydrogen (secondary N) is 1. The topological polar surface area (TPSA) is 71.8 Å². The first kappa shape index (κ1) is 25.2. The van der Waals surface area contributed by atoms with Crippen LogP contribution in [0, 0.1) is 12.3 Å². The summed E-state index contributed by atoms with van der Waals surface area (Å²) in [5.74, 6) is 0.209. The summed E-state index contributed by atoms with van der Waals surface area (Å²) in [6.45, 7) is 5.58. The van der Waals surface area contributed by atoms with Crippen molar-refractivity contribution in [1.29, 1.82) is 0 Å². The number of likely N-dealkylation sites (tertiary alicyclic amines) is 1. The lowest BCUT2D eigenvalue weighted by Gasteiger charge is -2.31. The van der Waals surface area contributed by atoms with E-state index in [1.807, 2.05) is 12.1 Å². The van der Waals surface area contributed by atoms with Crippen LogP contribution in [0.5, 0.6) is 0 Å². The molecule has 188 valence electrons. The van der Waals surface area contributed by atoms with Gasteiger partial charge in [-0.3, -0.25) is 4.79 Å². The average Bonchev–Trinajstić information content (AvgIpc) is 3.24. The summed E-state index contributed by atoms with van der Waals surface area (Å²) >= 11 is 0. The van der Waals surface area contributed by atoms with Crippen LogP contribution in [0.25, 0.3) is 22.1 Å². The van der Waals surface area contributed by atoms with Gasteiger partial charge in [-0.05, 0) is 62.2 Å². The fourth-order valence-corrected chi connectivity index (χ4v) is 4.07. The lowest BCUT2D eigenvalue weighted by atomic mass is 9.99.